The lowest BCUT2D eigenvalue weighted by Gasteiger charge is -2.22. The molecule has 1 aromatic rings. The Kier molecular flexibility index (Phi) is 4.24. The molecule has 2 aliphatic carbocycles. The minimum absolute atomic E-state index is 0.0385. The van der Waals surface area contributed by atoms with Gasteiger partial charge in [-0.2, -0.15) is 0 Å². The van der Waals surface area contributed by atoms with Crippen molar-refractivity contribution in [2.45, 2.75) is 64.0 Å². The number of nitrogens with zero attached hydrogens (tertiary/aromatic N) is 1. The molecule has 2 aliphatic rings. The average Bonchev–Trinajstić information content (AvgIpc) is 3.15. The number of nitrogens with one attached hydrogen (secondary N) is 2. The first-order chi connectivity index (χ1) is 10.2. The van der Waals surface area contributed by atoms with Gasteiger partial charge in [0.15, 0.2) is 5.01 Å². The van der Waals surface area contributed by atoms with E-state index in [0.717, 1.165) is 49.1 Å². The predicted molar refractivity (Wildman–Crippen MR) is 81.5 cm³/mol. The lowest BCUT2D eigenvalue weighted by molar-refractivity contribution is -0.121. The van der Waals surface area contributed by atoms with Crippen molar-refractivity contribution in [3.8, 4) is 0 Å². The maximum atomic E-state index is 12.0. The van der Waals surface area contributed by atoms with Crippen LogP contribution in [0.2, 0.25) is 0 Å². The number of rotatable bonds is 5. The fourth-order valence-corrected chi connectivity index (χ4v) is 3.69. The quantitative estimate of drug-likeness (QED) is 0.871. The molecule has 1 atom stereocenters. The van der Waals surface area contributed by atoms with E-state index in [2.05, 4.69) is 15.6 Å². The van der Waals surface area contributed by atoms with Gasteiger partial charge in [-0.3, -0.25) is 9.59 Å². The molecule has 1 fully saturated rings. The molecule has 0 aromatic carbocycles. The highest BCUT2D eigenvalue weighted by atomic mass is 32.1. The normalized spacial score (nSPS) is 20.7. The number of amides is 2. The van der Waals surface area contributed by atoms with Crippen LogP contribution >= 0.6 is 11.3 Å². The van der Waals surface area contributed by atoms with E-state index in [1.807, 2.05) is 6.92 Å². The van der Waals surface area contributed by atoms with Crippen molar-refractivity contribution >= 4 is 23.2 Å². The van der Waals surface area contributed by atoms with Crippen LogP contribution in [0.25, 0.3) is 0 Å². The molecular formula is C15H21N3O2S. The highest BCUT2D eigenvalue weighted by Gasteiger charge is 2.28. The molecule has 0 radical (unpaired) electrons. The summed E-state index contributed by atoms with van der Waals surface area (Å²) >= 11 is 1.48. The number of aromatic nitrogens is 1. The van der Waals surface area contributed by atoms with Gasteiger partial charge < -0.3 is 10.6 Å². The average molecular weight is 307 g/mol. The Hall–Kier alpha value is -1.43. The molecule has 0 saturated heterocycles. The second kappa shape index (κ2) is 6.13. The molecule has 1 unspecified atom stereocenters. The van der Waals surface area contributed by atoms with Gasteiger partial charge in [0.05, 0.1) is 5.69 Å². The molecule has 0 aliphatic heterocycles. The molecule has 6 heteroatoms. The predicted octanol–water partition coefficient (Wildman–Crippen LogP) is 1.81. The summed E-state index contributed by atoms with van der Waals surface area (Å²) in [6.45, 7) is 2.01. The van der Waals surface area contributed by atoms with E-state index in [-0.39, 0.29) is 17.9 Å². The standard InChI is InChI=1S/C15H21N3O2S/c1-2-3-13(19)16-10-6-7-11-12(8-10)21-15(18-11)14(20)17-9-4-5-9/h9-10H,2-8H2,1H3,(H,16,19)(H,17,20). The van der Waals surface area contributed by atoms with Crippen molar-refractivity contribution in [3.05, 3.63) is 15.6 Å². The third kappa shape index (κ3) is 3.61. The number of carbonyl (C=O) groups is 2. The maximum absolute atomic E-state index is 12.0. The number of thiazole rings is 1. The second-order valence-corrected chi connectivity index (χ2v) is 6.98. The number of hydrogen-bond acceptors (Lipinski definition) is 4. The molecule has 5 nitrogen and oxygen atoms in total. The summed E-state index contributed by atoms with van der Waals surface area (Å²) < 4.78 is 0. The van der Waals surface area contributed by atoms with Crippen molar-refractivity contribution in [2.24, 2.45) is 0 Å². The zero-order valence-electron chi connectivity index (χ0n) is 12.3. The number of aryl methyl sites for hydroxylation is 1. The van der Waals surface area contributed by atoms with Crippen molar-refractivity contribution in [2.75, 3.05) is 0 Å². The molecule has 0 spiro atoms. The second-order valence-electron chi connectivity index (χ2n) is 5.89. The van der Waals surface area contributed by atoms with Crippen molar-refractivity contribution in [1.82, 2.24) is 15.6 Å². The van der Waals surface area contributed by atoms with E-state index in [0.29, 0.717) is 17.5 Å². The highest BCUT2D eigenvalue weighted by Crippen LogP contribution is 2.28. The summed E-state index contributed by atoms with van der Waals surface area (Å²) in [5.74, 6) is 0.0885. The van der Waals surface area contributed by atoms with Gasteiger partial charge in [0.25, 0.3) is 5.91 Å². The number of hydrogen-bond donors (Lipinski definition) is 2. The van der Waals surface area contributed by atoms with Gasteiger partial charge in [-0.25, -0.2) is 4.98 Å². The molecule has 2 N–H and O–H groups in total. The van der Waals surface area contributed by atoms with Crippen molar-refractivity contribution in [3.63, 3.8) is 0 Å². The van der Waals surface area contributed by atoms with Crippen LogP contribution in [0.1, 0.15) is 59.4 Å². The van der Waals surface area contributed by atoms with Crippen LogP contribution in [0.3, 0.4) is 0 Å². The number of fused-ring (bicyclic) bond motifs is 1. The van der Waals surface area contributed by atoms with E-state index in [1.54, 1.807) is 0 Å². The molecule has 2 amide bonds. The van der Waals surface area contributed by atoms with Crippen LogP contribution in [0, 0.1) is 0 Å². The van der Waals surface area contributed by atoms with Gasteiger partial charge in [0, 0.05) is 29.8 Å². The Morgan fingerprint density at radius 1 is 1.24 bits per heavy atom. The largest absolute Gasteiger partial charge is 0.353 e. The van der Waals surface area contributed by atoms with Gasteiger partial charge in [-0.05, 0) is 32.1 Å². The first-order valence-electron chi connectivity index (χ1n) is 7.74. The van der Waals surface area contributed by atoms with E-state index < -0.39 is 0 Å². The molecule has 21 heavy (non-hydrogen) atoms. The van der Waals surface area contributed by atoms with Gasteiger partial charge in [-0.15, -0.1) is 11.3 Å². The Morgan fingerprint density at radius 3 is 2.76 bits per heavy atom. The zero-order chi connectivity index (χ0) is 14.8. The first-order valence-corrected chi connectivity index (χ1v) is 8.56. The molecular weight excluding hydrogens is 286 g/mol. The Labute approximate surface area is 128 Å². The molecule has 1 saturated carbocycles. The SMILES string of the molecule is CCCC(=O)NC1CCc2nc(C(=O)NC3CC3)sc2C1. The van der Waals surface area contributed by atoms with E-state index in [9.17, 15) is 9.59 Å². The topological polar surface area (TPSA) is 71.1 Å². The Bertz CT molecular complexity index is 551. The highest BCUT2D eigenvalue weighted by molar-refractivity contribution is 7.13. The fourth-order valence-electron chi connectivity index (χ4n) is 2.60. The third-order valence-electron chi connectivity index (χ3n) is 3.89. The van der Waals surface area contributed by atoms with Gasteiger partial charge in [0.2, 0.25) is 5.91 Å². The maximum Gasteiger partial charge on any atom is 0.280 e. The smallest absolute Gasteiger partial charge is 0.280 e. The minimum Gasteiger partial charge on any atom is -0.353 e. The van der Waals surface area contributed by atoms with E-state index in [1.165, 1.54) is 11.3 Å². The Balaban J connectivity index is 1.61. The van der Waals surface area contributed by atoms with E-state index in [4.69, 9.17) is 0 Å². The Morgan fingerprint density at radius 2 is 2.05 bits per heavy atom. The molecule has 3 rings (SSSR count). The lowest BCUT2D eigenvalue weighted by Crippen LogP contribution is -2.38. The molecule has 114 valence electrons. The van der Waals surface area contributed by atoms with Crippen LogP contribution in [0.5, 0.6) is 0 Å². The van der Waals surface area contributed by atoms with Crippen LogP contribution in [-0.4, -0.2) is 28.9 Å². The van der Waals surface area contributed by atoms with Gasteiger partial charge >= 0.3 is 0 Å². The summed E-state index contributed by atoms with van der Waals surface area (Å²) in [5.41, 5.74) is 1.04. The summed E-state index contributed by atoms with van der Waals surface area (Å²) in [7, 11) is 0. The monoisotopic (exact) mass is 307 g/mol. The van der Waals surface area contributed by atoms with Gasteiger partial charge in [0.1, 0.15) is 0 Å². The minimum atomic E-state index is -0.0385. The van der Waals surface area contributed by atoms with Crippen LogP contribution < -0.4 is 10.6 Å². The number of carbonyl (C=O) groups excluding carboxylic acids is 2. The third-order valence-corrected chi connectivity index (χ3v) is 5.01. The summed E-state index contributed by atoms with van der Waals surface area (Å²) in [6, 6.07) is 0.552. The van der Waals surface area contributed by atoms with Crippen LogP contribution in [0.4, 0.5) is 0 Å². The summed E-state index contributed by atoms with van der Waals surface area (Å²) in [4.78, 5) is 29.3. The molecule has 1 heterocycles. The van der Waals surface area contributed by atoms with Crippen LogP contribution in [-0.2, 0) is 17.6 Å². The summed E-state index contributed by atoms with van der Waals surface area (Å²) in [5, 5.41) is 6.64. The lowest BCUT2D eigenvalue weighted by atomic mass is 9.97. The van der Waals surface area contributed by atoms with E-state index >= 15 is 0 Å². The zero-order valence-corrected chi connectivity index (χ0v) is 13.1. The van der Waals surface area contributed by atoms with Crippen molar-refractivity contribution < 1.29 is 9.59 Å². The van der Waals surface area contributed by atoms with Crippen LogP contribution in [0.15, 0.2) is 0 Å². The van der Waals surface area contributed by atoms with Gasteiger partial charge in [-0.1, -0.05) is 6.92 Å². The molecule has 0 bridgehead atoms. The first kappa shape index (κ1) is 14.5. The fraction of sp³-hybridized carbons (Fsp3) is 0.667. The summed E-state index contributed by atoms with van der Waals surface area (Å²) in [6.07, 6.45) is 6.19. The van der Waals surface area contributed by atoms with Crippen molar-refractivity contribution in [1.29, 1.82) is 0 Å². The molecule has 1 aromatic heterocycles.